The minimum absolute atomic E-state index is 0.311. The van der Waals surface area contributed by atoms with E-state index >= 15 is 0 Å². The van der Waals surface area contributed by atoms with Gasteiger partial charge in [0, 0.05) is 48.3 Å². The van der Waals surface area contributed by atoms with Crippen LogP contribution in [0.1, 0.15) is 22.3 Å². The molecule has 0 fully saturated rings. The second-order valence-corrected chi connectivity index (χ2v) is 13.7. The minimum Gasteiger partial charge on any atom is -0.505 e. The molecule has 256 valence electrons. The number of aromatic hydroxyl groups is 2. The van der Waals surface area contributed by atoms with Crippen molar-refractivity contribution in [2.75, 3.05) is 33.4 Å². The number of methoxy groups -OCH3 is 1. The van der Waals surface area contributed by atoms with Crippen molar-refractivity contribution in [2.24, 2.45) is 0 Å². The summed E-state index contributed by atoms with van der Waals surface area (Å²) >= 11 is 0. The molecule has 2 aromatic heterocycles. The van der Waals surface area contributed by atoms with Crippen LogP contribution in [0.4, 0.5) is 0 Å². The van der Waals surface area contributed by atoms with Gasteiger partial charge in [0.25, 0.3) is 0 Å². The van der Waals surface area contributed by atoms with Gasteiger partial charge in [-0.15, -0.1) is 0 Å². The average Bonchev–Trinajstić information content (AvgIpc) is 3.66. The Labute approximate surface area is 298 Å². The fraction of sp³-hybridized carbons (Fsp3) is 0.200. The molecule has 0 atom stereocenters. The predicted molar refractivity (Wildman–Crippen MR) is 210 cm³/mol. The van der Waals surface area contributed by atoms with E-state index in [1.165, 1.54) is 21.5 Å². The first-order valence-electron chi connectivity index (χ1n) is 17.8. The van der Waals surface area contributed by atoms with Crippen molar-refractivity contribution >= 4 is 43.6 Å². The number of aromatic nitrogens is 2. The summed E-state index contributed by atoms with van der Waals surface area (Å²) in [5, 5.41) is 28.4. The SMILES string of the molecule is COCCN(CCc1cc(C)cc(-n2c3ccccc3c3ccccc32)c1O)CCc1cc(C)cc(-n2c3ccccc3c3ccccc32)c1O. The zero-order valence-electron chi connectivity index (χ0n) is 29.4. The molecule has 0 saturated heterocycles. The van der Waals surface area contributed by atoms with Gasteiger partial charge in [0.15, 0.2) is 0 Å². The lowest BCUT2D eigenvalue weighted by atomic mass is 10.0. The van der Waals surface area contributed by atoms with Crippen molar-refractivity contribution in [3.05, 3.63) is 144 Å². The fourth-order valence-electron chi connectivity index (χ4n) is 7.87. The number of ether oxygens (including phenoxy) is 1. The number of aryl methyl sites for hydroxylation is 2. The molecular weight excluding hydrogens is 631 g/mol. The lowest BCUT2D eigenvalue weighted by molar-refractivity contribution is 0.148. The average molecular weight is 674 g/mol. The zero-order valence-corrected chi connectivity index (χ0v) is 29.4. The Hall–Kier alpha value is -5.56. The van der Waals surface area contributed by atoms with Crippen LogP contribution < -0.4 is 0 Å². The number of hydrogen-bond donors (Lipinski definition) is 2. The van der Waals surface area contributed by atoms with Crippen LogP contribution in [0.5, 0.6) is 11.5 Å². The first-order valence-corrected chi connectivity index (χ1v) is 17.8. The number of phenols is 2. The smallest absolute Gasteiger partial charge is 0.142 e. The number of hydrogen-bond acceptors (Lipinski definition) is 4. The van der Waals surface area contributed by atoms with Gasteiger partial charge in [-0.1, -0.05) is 84.9 Å². The molecular formula is C45H43N3O3. The Balaban J connectivity index is 1.09. The van der Waals surface area contributed by atoms with E-state index in [9.17, 15) is 10.2 Å². The molecule has 8 aromatic rings. The van der Waals surface area contributed by atoms with Crippen LogP contribution in [0.25, 0.3) is 55.0 Å². The van der Waals surface area contributed by atoms with E-state index in [0.29, 0.717) is 30.9 Å². The molecule has 6 aromatic carbocycles. The first-order chi connectivity index (χ1) is 24.9. The number of nitrogens with zero attached hydrogens (tertiary/aromatic N) is 3. The molecule has 0 aliphatic rings. The van der Waals surface area contributed by atoms with Crippen molar-refractivity contribution in [2.45, 2.75) is 26.7 Å². The van der Waals surface area contributed by atoms with Gasteiger partial charge in [-0.2, -0.15) is 0 Å². The molecule has 0 unspecified atom stereocenters. The largest absolute Gasteiger partial charge is 0.505 e. The van der Waals surface area contributed by atoms with Gasteiger partial charge >= 0.3 is 0 Å². The summed E-state index contributed by atoms with van der Waals surface area (Å²) < 4.78 is 9.89. The van der Waals surface area contributed by atoms with Crippen LogP contribution in [0, 0.1) is 13.8 Å². The van der Waals surface area contributed by atoms with Crippen LogP contribution in [-0.4, -0.2) is 57.6 Å². The second-order valence-electron chi connectivity index (χ2n) is 13.7. The van der Waals surface area contributed by atoms with E-state index in [0.717, 1.165) is 75.3 Å². The standard InChI is InChI=1S/C45H43N3O3/c1-30-26-32(44(49)42(28-30)47-38-16-8-4-12-34(38)35-13-5-9-17-39(35)47)20-22-46(24-25-51-3)23-21-33-27-31(2)29-43(45(33)50)48-40-18-10-6-14-36(40)37-15-7-11-19-41(37)48/h4-19,26-29,49-50H,20-25H2,1-3H3. The quantitative estimate of drug-likeness (QED) is 0.144. The van der Waals surface area contributed by atoms with Crippen LogP contribution in [-0.2, 0) is 17.6 Å². The van der Waals surface area contributed by atoms with Crippen molar-refractivity contribution in [3.63, 3.8) is 0 Å². The monoisotopic (exact) mass is 673 g/mol. The van der Waals surface area contributed by atoms with Crippen LogP contribution >= 0.6 is 0 Å². The van der Waals surface area contributed by atoms with Crippen LogP contribution in [0.15, 0.2) is 121 Å². The molecule has 51 heavy (non-hydrogen) atoms. The molecule has 0 bridgehead atoms. The molecule has 6 heteroatoms. The van der Waals surface area contributed by atoms with E-state index in [4.69, 9.17) is 4.74 Å². The summed E-state index contributed by atoms with van der Waals surface area (Å²) in [6.07, 6.45) is 1.35. The fourth-order valence-corrected chi connectivity index (χ4v) is 7.87. The highest BCUT2D eigenvalue weighted by atomic mass is 16.5. The summed E-state index contributed by atoms with van der Waals surface area (Å²) in [4.78, 5) is 2.37. The minimum atomic E-state index is 0.311. The lowest BCUT2D eigenvalue weighted by Gasteiger charge is -2.24. The number of fused-ring (bicyclic) bond motifs is 6. The Bertz CT molecular complexity index is 2260. The molecule has 2 N–H and O–H groups in total. The Kier molecular flexibility index (Phi) is 8.72. The highest BCUT2D eigenvalue weighted by Gasteiger charge is 2.20. The van der Waals surface area contributed by atoms with Gasteiger partial charge in [0.1, 0.15) is 11.5 Å². The third-order valence-electron chi connectivity index (χ3n) is 10.3. The Morgan fingerprint density at radius 1 is 0.510 bits per heavy atom. The maximum Gasteiger partial charge on any atom is 0.142 e. The first kappa shape index (κ1) is 32.6. The number of phenolic OH excluding ortho intramolecular Hbond substituents is 2. The molecule has 0 radical (unpaired) electrons. The summed E-state index contributed by atoms with van der Waals surface area (Å²) in [7, 11) is 1.73. The summed E-state index contributed by atoms with van der Waals surface area (Å²) in [6.45, 7) is 7.00. The summed E-state index contributed by atoms with van der Waals surface area (Å²) in [5.74, 6) is 0.622. The maximum atomic E-state index is 11.8. The van der Waals surface area contributed by atoms with E-state index < -0.39 is 0 Å². The normalized spacial score (nSPS) is 11.9. The van der Waals surface area contributed by atoms with Gasteiger partial charge in [-0.05, 0) is 85.3 Å². The van der Waals surface area contributed by atoms with Gasteiger partial charge < -0.3 is 29.0 Å². The van der Waals surface area contributed by atoms with E-state index in [1.807, 2.05) is 0 Å². The molecule has 0 spiro atoms. The predicted octanol–water partition coefficient (Wildman–Crippen LogP) is 9.64. The van der Waals surface area contributed by atoms with E-state index in [-0.39, 0.29) is 0 Å². The maximum absolute atomic E-state index is 11.8. The van der Waals surface area contributed by atoms with E-state index in [2.05, 4.69) is 149 Å². The van der Waals surface area contributed by atoms with Crippen molar-refractivity contribution < 1.29 is 14.9 Å². The molecule has 0 amide bonds. The van der Waals surface area contributed by atoms with Gasteiger partial charge in [-0.25, -0.2) is 0 Å². The van der Waals surface area contributed by atoms with E-state index in [1.54, 1.807) is 7.11 Å². The number of benzene rings is 6. The van der Waals surface area contributed by atoms with Crippen LogP contribution in [0.3, 0.4) is 0 Å². The number of para-hydroxylation sites is 4. The summed E-state index contributed by atoms with van der Waals surface area (Å²) in [5.41, 5.74) is 9.94. The highest BCUT2D eigenvalue weighted by Crippen LogP contribution is 2.39. The topological polar surface area (TPSA) is 62.8 Å². The molecule has 8 rings (SSSR count). The van der Waals surface area contributed by atoms with Gasteiger partial charge in [0.2, 0.25) is 0 Å². The van der Waals surface area contributed by atoms with Crippen molar-refractivity contribution in [3.8, 4) is 22.9 Å². The lowest BCUT2D eigenvalue weighted by Crippen LogP contribution is -2.31. The highest BCUT2D eigenvalue weighted by molar-refractivity contribution is 6.10. The third-order valence-corrected chi connectivity index (χ3v) is 10.3. The molecule has 6 nitrogen and oxygen atoms in total. The van der Waals surface area contributed by atoms with Crippen molar-refractivity contribution in [1.29, 1.82) is 0 Å². The molecule has 0 aliphatic heterocycles. The molecule has 0 saturated carbocycles. The Morgan fingerprint density at radius 2 is 0.863 bits per heavy atom. The van der Waals surface area contributed by atoms with Crippen LogP contribution in [0.2, 0.25) is 0 Å². The second kappa shape index (κ2) is 13.6. The molecule has 2 heterocycles. The van der Waals surface area contributed by atoms with Crippen molar-refractivity contribution in [1.82, 2.24) is 14.0 Å². The summed E-state index contributed by atoms with van der Waals surface area (Å²) in [6, 6.07) is 41.9. The molecule has 0 aliphatic carbocycles. The number of rotatable bonds is 11. The van der Waals surface area contributed by atoms with Gasteiger partial charge in [0.05, 0.1) is 40.0 Å². The Morgan fingerprint density at radius 3 is 1.22 bits per heavy atom. The van der Waals surface area contributed by atoms with Gasteiger partial charge in [-0.3, -0.25) is 0 Å². The zero-order chi connectivity index (χ0) is 35.1. The third kappa shape index (κ3) is 5.90.